The third-order valence-corrected chi connectivity index (χ3v) is 6.42. The fourth-order valence-electron chi connectivity index (χ4n) is 4.44. The second-order valence-corrected chi connectivity index (χ2v) is 9.62. The largest absolute Gasteiger partial charge is 0.462 e. The number of rotatable bonds is 10. The Hall–Kier alpha value is -4.92. The summed E-state index contributed by atoms with van der Waals surface area (Å²) < 4.78 is 6.73. The van der Waals surface area contributed by atoms with E-state index in [1.54, 1.807) is 35.9 Å². The SMILES string of the molecule is CCCN(CC(=O)Nc1c(-c2ccccc2)c(C)nn1-c1ccc(C)cc1)C(=O)Nc1ccc(C(=O)OCC)cc1. The van der Waals surface area contributed by atoms with Crippen molar-refractivity contribution in [3.8, 4) is 16.8 Å². The van der Waals surface area contributed by atoms with Crippen LogP contribution in [0.3, 0.4) is 0 Å². The molecule has 4 rings (SSSR count). The quantitative estimate of drug-likeness (QED) is 0.227. The first-order chi connectivity index (χ1) is 19.8. The number of hydrogen-bond donors (Lipinski definition) is 2. The number of urea groups is 1. The van der Waals surface area contributed by atoms with Gasteiger partial charge < -0.3 is 20.3 Å². The number of nitrogens with zero attached hydrogens (tertiary/aromatic N) is 3. The highest BCUT2D eigenvalue weighted by Gasteiger charge is 2.23. The van der Waals surface area contributed by atoms with E-state index in [2.05, 4.69) is 10.6 Å². The molecule has 0 atom stereocenters. The predicted octanol–water partition coefficient (Wildman–Crippen LogP) is 6.22. The molecule has 0 fully saturated rings. The highest BCUT2D eigenvalue weighted by atomic mass is 16.5. The van der Waals surface area contributed by atoms with Crippen LogP contribution in [0.2, 0.25) is 0 Å². The summed E-state index contributed by atoms with van der Waals surface area (Å²) in [6, 6.07) is 23.7. The minimum Gasteiger partial charge on any atom is -0.462 e. The third kappa shape index (κ3) is 7.19. The molecule has 0 bridgehead atoms. The van der Waals surface area contributed by atoms with Crippen LogP contribution in [0, 0.1) is 13.8 Å². The van der Waals surface area contributed by atoms with Crippen LogP contribution in [-0.4, -0.2) is 52.3 Å². The Morgan fingerprint density at radius 3 is 2.20 bits per heavy atom. The zero-order valence-electron chi connectivity index (χ0n) is 23.8. The van der Waals surface area contributed by atoms with E-state index in [1.807, 2.05) is 75.4 Å². The van der Waals surface area contributed by atoms with Gasteiger partial charge in [0.25, 0.3) is 0 Å². The number of aryl methyl sites for hydroxylation is 2. The van der Waals surface area contributed by atoms with Crippen LogP contribution in [0.4, 0.5) is 16.3 Å². The molecular formula is C32H35N5O4. The van der Waals surface area contributed by atoms with Crippen LogP contribution < -0.4 is 10.6 Å². The van der Waals surface area contributed by atoms with E-state index in [1.165, 1.54) is 4.90 Å². The first-order valence-corrected chi connectivity index (χ1v) is 13.7. The normalized spacial score (nSPS) is 10.6. The molecule has 0 aliphatic carbocycles. The summed E-state index contributed by atoms with van der Waals surface area (Å²) in [7, 11) is 0. The average Bonchev–Trinajstić information content (AvgIpc) is 3.29. The first kappa shape index (κ1) is 29.1. The van der Waals surface area contributed by atoms with Crippen LogP contribution in [-0.2, 0) is 9.53 Å². The van der Waals surface area contributed by atoms with Crippen molar-refractivity contribution in [2.75, 3.05) is 30.3 Å². The van der Waals surface area contributed by atoms with E-state index in [-0.39, 0.29) is 19.1 Å². The molecule has 0 saturated heterocycles. The van der Waals surface area contributed by atoms with E-state index in [0.29, 0.717) is 30.0 Å². The van der Waals surface area contributed by atoms with Gasteiger partial charge in [0, 0.05) is 17.8 Å². The molecule has 0 saturated carbocycles. The molecule has 0 aliphatic heterocycles. The number of nitrogens with one attached hydrogen (secondary N) is 2. The Morgan fingerprint density at radius 2 is 1.56 bits per heavy atom. The van der Waals surface area contributed by atoms with Gasteiger partial charge in [0.2, 0.25) is 5.91 Å². The van der Waals surface area contributed by atoms with E-state index < -0.39 is 12.0 Å². The second kappa shape index (κ2) is 13.4. The summed E-state index contributed by atoms with van der Waals surface area (Å²) in [5.74, 6) is -0.240. The van der Waals surface area contributed by atoms with Gasteiger partial charge in [-0.1, -0.05) is 55.0 Å². The van der Waals surface area contributed by atoms with Crippen molar-refractivity contribution in [2.24, 2.45) is 0 Å². The molecule has 212 valence electrons. The number of carbonyl (C=O) groups is 3. The fourth-order valence-corrected chi connectivity index (χ4v) is 4.44. The van der Waals surface area contributed by atoms with Crippen molar-refractivity contribution in [1.82, 2.24) is 14.7 Å². The summed E-state index contributed by atoms with van der Waals surface area (Å²) in [5, 5.41) is 10.6. The van der Waals surface area contributed by atoms with Crippen molar-refractivity contribution in [1.29, 1.82) is 0 Å². The van der Waals surface area contributed by atoms with Crippen LogP contribution >= 0.6 is 0 Å². The van der Waals surface area contributed by atoms with Crippen molar-refractivity contribution in [3.63, 3.8) is 0 Å². The maximum atomic E-state index is 13.4. The highest BCUT2D eigenvalue weighted by Crippen LogP contribution is 2.33. The highest BCUT2D eigenvalue weighted by molar-refractivity contribution is 5.99. The van der Waals surface area contributed by atoms with Crippen LogP contribution in [0.1, 0.15) is 41.9 Å². The fraction of sp³-hybridized carbons (Fsp3) is 0.250. The lowest BCUT2D eigenvalue weighted by Crippen LogP contribution is -2.41. The van der Waals surface area contributed by atoms with Gasteiger partial charge in [0.1, 0.15) is 12.4 Å². The number of benzene rings is 3. The van der Waals surface area contributed by atoms with E-state index in [4.69, 9.17) is 9.84 Å². The Kier molecular flexibility index (Phi) is 9.52. The molecule has 3 amide bonds. The molecule has 3 aromatic carbocycles. The zero-order chi connectivity index (χ0) is 29.4. The molecule has 1 heterocycles. The van der Waals surface area contributed by atoms with Gasteiger partial charge >= 0.3 is 12.0 Å². The number of ether oxygens (including phenoxy) is 1. The van der Waals surface area contributed by atoms with Crippen LogP contribution in [0.5, 0.6) is 0 Å². The van der Waals surface area contributed by atoms with Crippen molar-refractivity contribution in [3.05, 3.63) is 95.7 Å². The van der Waals surface area contributed by atoms with Crippen molar-refractivity contribution in [2.45, 2.75) is 34.1 Å². The molecule has 41 heavy (non-hydrogen) atoms. The molecule has 0 aliphatic rings. The molecule has 4 aromatic rings. The van der Waals surface area contributed by atoms with Crippen LogP contribution in [0.15, 0.2) is 78.9 Å². The maximum Gasteiger partial charge on any atom is 0.338 e. The van der Waals surface area contributed by atoms with Crippen molar-refractivity contribution >= 4 is 29.4 Å². The van der Waals surface area contributed by atoms with Crippen LogP contribution in [0.25, 0.3) is 16.8 Å². The molecular weight excluding hydrogens is 518 g/mol. The summed E-state index contributed by atoms with van der Waals surface area (Å²) in [5.41, 5.74) is 5.32. The summed E-state index contributed by atoms with van der Waals surface area (Å²) >= 11 is 0. The Balaban J connectivity index is 1.55. The van der Waals surface area contributed by atoms with Gasteiger partial charge in [0.15, 0.2) is 0 Å². The lowest BCUT2D eigenvalue weighted by molar-refractivity contribution is -0.116. The number of anilines is 2. The van der Waals surface area contributed by atoms with Gasteiger partial charge in [-0.15, -0.1) is 0 Å². The number of aromatic nitrogens is 2. The first-order valence-electron chi connectivity index (χ1n) is 13.7. The summed E-state index contributed by atoms with van der Waals surface area (Å²) in [4.78, 5) is 40.0. The molecule has 0 radical (unpaired) electrons. The minimum atomic E-state index is -0.426. The molecule has 1 aromatic heterocycles. The Bertz CT molecular complexity index is 1500. The van der Waals surface area contributed by atoms with Gasteiger partial charge in [0.05, 0.1) is 23.6 Å². The third-order valence-electron chi connectivity index (χ3n) is 6.42. The van der Waals surface area contributed by atoms with E-state index in [0.717, 1.165) is 28.1 Å². The number of carbonyl (C=O) groups excluding carboxylic acids is 3. The smallest absolute Gasteiger partial charge is 0.338 e. The van der Waals surface area contributed by atoms with Gasteiger partial charge in [-0.3, -0.25) is 4.79 Å². The number of hydrogen-bond acceptors (Lipinski definition) is 5. The minimum absolute atomic E-state index is 0.160. The standard InChI is InChI=1S/C32H35N5O4/c1-5-20-36(32(40)33-26-16-14-25(15-17-26)31(39)41-6-2)21-28(38)34-30-29(24-10-8-7-9-11-24)23(4)35-37(30)27-18-12-22(3)13-19-27/h7-19H,5-6,20-21H2,1-4H3,(H,33,40)(H,34,38). The molecule has 0 unspecified atom stereocenters. The lowest BCUT2D eigenvalue weighted by atomic mass is 10.1. The molecule has 0 spiro atoms. The lowest BCUT2D eigenvalue weighted by Gasteiger charge is -2.22. The average molecular weight is 554 g/mol. The van der Waals surface area contributed by atoms with E-state index in [9.17, 15) is 14.4 Å². The predicted molar refractivity (Wildman–Crippen MR) is 160 cm³/mol. The Morgan fingerprint density at radius 1 is 0.878 bits per heavy atom. The molecule has 2 N–H and O–H groups in total. The topological polar surface area (TPSA) is 106 Å². The number of esters is 1. The van der Waals surface area contributed by atoms with E-state index >= 15 is 0 Å². The van der Waals surface area contributed by atoms with Gasteiger partial charge in [-0.25, -0.2) is 14.3 Å². The molecule has 9 nitrogen and oxygen atoms in total. The second-order valence-electron chi connectivity index (χ2n) is 9.62. The monoisotopic (exact) mass is 553 g/mol. The molecule has 9 heteroatoms. The summed E-state index contributed by atoms with van der Waals surface area (Å²) in [6.45, 7) is 8.10. The van der Waals surface area contributed by atoms with Gasteiger partial charge in [-0.2, -0.15) is 5.10 Å². The summed E-state index contributed by atoms with van der Waals surface area (Å²) in [6.07, 6.45) is 0.665. The van der Waals surface area contributed by atoms with Crippen molar-refractivity contribution < 1.29 is 19.1 Å². The van der Waals surface area contributed by atoms with Gasteiger partial charge in [-0.05, 0) is 69.2 Å². The Labute approximate surface area is 240 Å². The zero-order valence-corrected chi connectivity index (χ0v) is 23.8. The maximum absolute atomic E-state index is 13.4. The number of amides is 3.